The predicted molar refractivity (Wildman–Crippen MR) is 79.6 cm³/mol. The maximum absolute atomic E-state index is 8.94. The highest BCUT2D eigenvalue weighted by molar-refractivity contribution is 6.42. The Kier molecular flexibility index (Phi) is 4.68. The van der Waals surface area contributed by atoms with Crippen molar-refractivity contribution in [3.8, 4) is 6.07 Å². The molecule has 2 aromatic rings. The minimum atomic E-state index is 0.324. The molecule has 0 aromatic heterocycles. The van der Waals surface area contributed by atoms with Gasteiger partial charge in [0.15, 0.2) is 0 Å². The normalized spacial score (nSPS) is 9.95. The van der Waals surface area contributed by atoms with Crippen LogP contribution in [0.1, 0.15) is 5.56 Å². The molecule has 2 rings (SSSR count). The quantitative estimate of drug-likeness (QED) is 0.774. The summed E-state index contributed by atoms with van der Waals surface area (Å²) >= 11 is 11.9. The molecule has 19 heavy (non-hydrogen) atoms. The van der Waals surface area contributed by atoms with Gasteiger partial charge in [-0.3, -0.25) is 0 Å². The highest BCUT2D eigenvalue weighted by atomic mass is 35.5. The van der Waals surface area contributed by atoms with Crippen LogP contribution in [0, 0.1) is 11.3 Å². The fourth-order valence-corrected chi connectivity index (χ4v) is 2.14. The number of nitriles is 1. The molecule has 0 saturated heterocycles. The van der Waals surface area contributed by atoms with Gasteiger partial charge < -0.3 is 4.90 Å². The summed E-state index contributed by atoms with van der Waals surface area (Å²) in [6.07, 6.45) is 0. The van der Waals surface area contributed by atoms with Gasteiger partial charge >= 0.3 is 0 Å². The van der Waals surface area contributed by atoms with Crippen LogP contribution in [0.4, 0.5) is 5.69 Å². The van der Waals surface area contributed by atoms with Gasteiger partial charge in [0.25, 0.3) is 0 Å². The third kappa shape index (κ3) is 3.64. The zero-order chi connectivity index (χ0) is 13.7. The second kappa shape index (κ2) is 6.47. The van der Waals surface area contributed by atoms with Crippen molar-refractivity contribution in [3.05, 3.63) is 64.1 Å². The summed E-state index contributed by atoms with van der Waals surface area (Å²) in [4.78, 5) is 1.99. The van der Waals surface area contributed by atoms with E-state index < -0.39 is 0 Å². The van der Waals surface area contributed by atoms with Crippen molar-refractivity contribution in [1.82, 2.24) is 0 Å². The number of anilines is 1. The highest BCUT2D eigenvalue weighted by Crippen LogP contribution is 2.24. The van der Waals surface area contributed by atoms with Gasteiger partial charge in [0, 0.05) is 12.2 Å². The average molecular weight is 291 g/mol. The van der Waals surface area contributed by atoms with Crippen molar-refractivity contribution in [2.75, 3.05) is 11.4 Å². The Hall–Kier alpha value is -1.69. The minimum Gasteiger partial charge on any atom is -0.354 e. The first-order chi connectivity index (χ1) is 9.20. The average Bonchev–Trinajstić information content (AvgIpc) is 2.43. The molecule has 0 aliphatic carbocycles. The molecule has 2 aromatic carbocycles. The Morgan fingerprint density at radius 2 is 1.74 bits per heavy atom. The van der Waals surface area contributed by atoms with Crippen LogP contribution < -0.4 is 4.90 Å². The van der Waals surface area contributed by atoms with Gasteiger partial charge in [-0.1, -0.05) is 47.5 Å². The highest BCUT2D eigenvalue weighted by Gasteiger charge is 2.07. The van der Waals surface area contributed by atoms with Gasteiger partial charge in [0.1, 0.15) is 6.54 Å². The van der Waals surface area contributed by atoms with E-state index in [0.717, 1.165) is 11.3 Å². The number of hydrogen-bond donors (Lipinski definition) is 0. The number of halogens is 2. The lowest BCUT2D eigenvalue weighted by Gasteiger charge is -2.22. The molecule has 0 radical (unpaired) electrons. The molecular formula is C15H12Cl2N2. The standard InChI is InChI=1S/C15H12Cl2N2/c16-14-7-6-12(10-15(14)17)11-19(9-8-18)13-4-2-1-3-5-13/h1-7,10H,9,11H2. The lowest BCUT2D eigenvalue weighted by Crippen LogP contribution is -2.22. The number of hydrogen-bond acceptors (Lipinski definition) is 2. The van der Waals surface area contributed by atoms with Crippen LogP contribution in [-0.2, 0) is 6.54 Å². The number of para-hydroxylation sites is 1. The molecule has 0 fully saturated rings. The summed E-state index contributed by atoms with van der Waals surface area (Å²) in [5, 5.41) is 10.0. The van der Waals surface area contributed by atoms with Crippen LogP contribution in [0.25, 0.3) is 0 Å². The predicted octanol–water partition coefficient (Wildman–Crippen LogP) is 4.52. The molecule has 2 nitrogen and oxygen atoms in total. The van der Waals surface area contributed by atoms with E-state index in [0.29, 0.717) is 23.1 Å². The van der Waals surface area contributed by atoms with Crippen molar-refractivity contribution in [1.29, 1.82) is 5.26 Å². The number of rotatable bonds is 4. The summed E-state index contributed by atoms with van der Waals surface area (Å²) < 4.78 is 0. The smallest absolute Gasteiger partial charge is 0.106 e. The van der Waals surface area contributed by atoms with E-state index >= 15 is 0 Å². The first-order valence-corrected chi connectivity index (χ1v) is 6.57. The van der Waals surface area contributed by atoms with E-state index in [-0.39, 0.29) is 0 Å². The summed E-state index contributed by atoms with van der Waals surface area (Å²) in [5.74, 6) is 0. The summed E-state index contributed by atoms with van der Waals surface area (Å²) in [7, 11) is 0. The maximum atomic E-state index is 8.94. The molecule has 0 saturated carbocycles. The van der Waals surface area contributed by atoms with Crippen LogP contribution in [-0.4, -0.2) is 6.54 Å². The molecule has 0 unspecified atom stereocenters. The van der Waals surface area contributed by atoms with Gasteiger partial charge in [-0.2, -0.15) is 5.26 Å². The van der Waals surface area contributed by atoms with E-state index in [1.165, 1.54) is 0 Å². The minimum absolute atomic E-state index is 0.324. The number of benzene rings is 2. The van der Waals surface area contributed by atoms with Crippen molar-refractivity contribution in [3.63, 3.8) is 0 Å². The van der Waals surface area contributed by atoms with Crippen molar-refractivity contribution in [2.24, 2.45) is 0 Å². The Labute approximate surface area is 122 Å². The topological polar surface area (TPSA) is 27.0 Å². The molecule has 0 bridgehead atoms. The van der Waals surface area contributed by atoms with E-state index in [4.69, 9.17) is 28.5 Å². The SMILES string of the molecule is N#CCN(Cc1ccc(Cl)c(Cl)c1)c1ccccc1. The molecule has 0 atom stereocenters. The lowest BCUT2D eigenvalue weighted by molar-refractivity contribution is 0.872. The van der Waals surface area contributed by atoms with Crippen LogP contribution in [0.15, 0.2) is 48.5 Å². The monoisotopic (exact) mass is 290 g/mol. The van der Waals surface area contributed by atoms with Gasteiger partial charge in [0.05, 0.1) is 16.1 Å². The Bertz CT molecular complexity index is 591. The summed E-state index contributed by atoms with van der Waals surface area (Å²) in [6, 6.07) is 17.5. The zero-order valence-corrected chi connectivity index (χ0v) is 11.7. The fourth-order valence-electron chi connectivity index (χ4n) is 1.82. The van der Waals surface area contributed by atoms with E-state index in [9.17, 15) is 0 Å². The summed E-state index contributed by atoms with van der Waals surface area (Å²) in [6.45, 7) is 0.943. The van der Waals surface area contributed by atoms with E-state index in [1.807, 2.05) is 47.4 Å². The molecule has 0 spiro atoms. The van der Waals surface area contributed by atoms with Crippen LogP contribution in [0.5, 0.6) is 0 Å². The van der Waals surface area contributed by atoms with Crippen LogP contribution in [0.2, 0.25) is 10.0 Å². The zero-order valence-electron chi connectivity index (χ0n) is 10.2. The molecule has 0 heterocycles. The van der Waals surface area contributed by atoms with Crippen molar-refractivity contribution >= 4 is 28.9 Å². The van der Waals surface area contributed by atoms with Crippen molar-refractivity contribution < 1.29 is 0 Å². The molecular weight excluding hydrogens is 279 g/mol. The number of nitrogens with zero attached hydrogens (tertiary/aromatic N) is 2. The molecule has 0 N–H and O–H groups in total. The summed E-state index contributed by atoms with van der Waals surface area (Å²) in [5.41, 5.74) is 2.03. The first kappa shape index (κ1) is 13.7. The largest absolute Gasteiger partial charge is 0.354 e. The van der Waals surface area contributed by atoms with Gasteiger partial charge in [-0.25, -0.2) is 0 Å². The Morgan fingerprint density at radius 3 is 2.37 bits per heavy atom. The second-order valence-electron chi connectivity index (χ2n) is 4.10. The Balaban J connectivity index is 2.22. The van der Waals surface area contributed by atoms with E-state index in [2.05, 4.69) is 6.07 Å². The second-order valence-corrected chi connectivity index (χ2v) is 4.91. The molecule has 0 amide bonds. The Morgan fingerprint density at radius 1 is 1.00 bits per heavy atom. The van der Waals surface area contributed by atoms with Gasteiger partial charge in [-0.15, -0.1) is 0 Å². The lowest BCUT2D eigenvalue weighted by atomic mass is 10.2. The molecule has 96 valence electrons. The van der Waals surface area contributed by atoms with Crippen molar-refractivity contribution in [2.45, 2.75) is 6.54 Å². The van der Waals surface area contributed by atoms with Crippen LogP contribution in [0.3, 0.4) is 0 Å². The first-order valence-electron chi connectivity index (χ1n) is 5.81. The van der Waals surface area contributed by atoms with E-state index in [1.54, 1.807) is 6.07 Å². The maximum Gasteiger partial charge on any atom is 0.106 e. The molecule has 0 aliphatic heterocycles. The third-order valence-corrected chi connectivity index (χ3v) is 3.48. The van der Waals surface area contributed by atoms with Crippen LogP contribution >= 0.6 is 23.2 Å². The molecule has 0 aliphatic rings. The molecule has 4 heteroatoms. The fraction of sp³-hybridized carbons (Fsp3) is 0.133. The third-order valence-electron chi connectivity index (χ3n) is 2.74. The van der Waals surface area contributed by atoms with Gasteiger partial charge in [-0.05, 0) is 29.8 Å². The van der Waals surface area contributed by atoms with Gasteiger partial charge in [0.2, 0.25) is 0 Å².